The highest BCUT2D eigenvalue weighted by atomic mass is 35.7. The first-order chi connectivity index (χ1) is 7.31. The number of hydrogen-bond donors (Lipinski definition) is 0. The topological polar surface area (TPSA) is 43.4 Å². The standard InChI is InChI=1S/C11H15ClO3S/c1-8(2)10-4-9(7-16(12,13)14)5-11(6-10)15-3/h4-6,8H,7H2,1-3H3. The first kappa shape index (κ1) is 13.3. The molecule has 1 rings (SSSR count). The SMILES string of the molecule is COc1cc(CS(=O)(=O)Cl)cc(C(C)C)c1. The van der Waals surface area contributed by atoms with Crippen molar-refractivity contribution in [2.24, 2.45) is 0 Å². The minimum absolute atomic E-state index is 0.175. The number of rotatable bonds is 4. The van der Waals surface area contributed by atoms with E-state index in [0.717, 1.165) is 5.56 Å². The van der Waals surface area contributed by atoms with E-state index in [4.69, 9.17) is 15.4 Å². The van der Waals surface area contributed by atoms with E-state index in [2.05, 4.69) is 0 Å². The van der Waals surface area contributed by atoms with E-state index in [-0.39, 0.29) is 5.75 Å². The number of ether oxygens (including phenoxy) is 1. The average Bonchev–Trinajstić information content (AvgIpc) is 2.14. The van der Waals surface area contributed by atoms with Crippen LogP contribution in [0.5, 0.6) is 5.75 Å². The van der Waals surface area contributed by atoms with Crippen LogP contribution >= 0.6 is 10.7 Å². The van der Waals surface area contributed by atoms with E-state index >= 15 is 0 Å². The third-order valence-electron chi connectivity index (χ3n) is 2.23. The van der Waals surface area contributed by atoms with Crippen LogP contribution in [0.15, 0.2) is 18.2 Å². The van der Waals surface area contributed by atoms with Gasteiger partial charge in [-0.05, 0) is 29.2 Å². The van der Waals surface area contributed by atoms with Crippen molar-refractivity contribution in [3.05, 3.63) is 29.3 Å². The second-order valence-corrected chi connectivity index (χ2v) is 6.73. The van der Waals surface area contributed by atoms with Gasteiger partial charge in [-0.15, -0.1) is 0 Å². The maximum atomic E-state index is 11.0. The number of halogens is 1. The molecule has 0 fully saturated rings. The molecular formula is C11H15ClO3S. The molecule has 5 heteroatoms. The molecule has 1 aromatic carbocycles. The van der Waals surface area contributed by atoms with Gasteiger partial charge in [0, 0.05) is 10.7 Å². The summed E-state index contributed by atoms with van der Waals surface area (Å²) < 4.78 is 27.1. The summed E-state index contributed by atoms with van der Waals surface area (Å²) in [5, 5.41) is 0. The lowest BCUT2D eigenvalue weighted by Crippen LogP contribution is -1.98. The monoisotopic (exact) mass is 262 g/mol. The molecule has 0 atom stereocenters. The van der Waals surface area contributed by atoms with Crippen LogP contribution in [0, 0.1) is 0 Å². The smallest absolute Gasteiger partial charge is 0.236 e. The fourth-order valence-corrected chi connectivity index (χ4v) is 2.36. The van der Waals surface area contributed by atoms with Crippen molar-refractivity contribution in [2.75, 3.05) is 7.11 Å². The maximum absolute atomic E-state index is 11.0. The Kier molecular flexibility index (Phi) is 4.21. The summed E-state index contributed by atoms with van der Waals surface area (Å²) >= 11 is 0. The Hall–Kier alpha value is -0.740. The zero-order chi connectivity index (χ0) is 12.3. The highest BCUT2D eigenvalue weighted by molar-refractivity contribution is 8.13. The summed E-state index contributed by atoms with van der Waals surface area (Å²) in [4.78, 5) is 0. The van der Waals surface area contributed by atoms with Crippen LogP contribution in [0.1, 0.15) is 30.9 Å². The van der Waals surface area contributed by atoms with Gasteiger partial charge in [0.2, 0.25) is 9.05 Å². The van der Waals surface area contributed by atoms with Crippen LogP contribution in [-0.4, -0.2) is 15.5 Å². The summed E-state index contributed by atoms with van der Waals surface area (Å²) in [6, 6.07) is 5.42. The zero-order valence-corrected chi connectivity index (χ0v) is 11.1. The minimum atomic E-state index is -3.53. The number of benzene rings is 1. The molecule has 0 spiro atoms. The van der Waals surface area contributed by atoms with E-state index in [1.54, 1.807) is 13.2 Å². The fraction of sp³-hybridized carbons (Fsp3) is 0.455. The zero-order valence-electron chi connectivity index (χ0n) is 9.53. The molecule has 1 aromatic rings. The van der Waals surface area contributed by atoms with Crippen LogP contribution < -0.4 is 4.74 Å². The molecule has 0 N–H and O–H groups in total. The molecule has 0 aliphatic rings. The molecule has 0 aliphatic carbocycles. The molecule has 3 nitrogen and oxygen atoms in total. The van der Waals surface area contributed by atoms with Crippen molar-refractivity contribution in [1.29, 1.82) is 0 Å². The highest BCUT2D eigenvalue weighted by Gasteiger charge is 2.11. The van der Waals surface area contributed by atoms with Gasteiger partial charge in [-0.2, -0.15) is 0 Å². The lowest BCUT2D eigenvalue weighted by Gasteiger charge is -2.10. The van der Waals surface area contributed by atoms with Crippen LogP contribution in [0.3, 0.4) is 0 Å². The predicted octanol–water partition coefficient (Wildman–Crippen LogP) is 2.89. The molecule has 0 bridgehead atoms. The Bertz CT molecular complexity index is 466. The van der Waals surface area contributed by atoms with Crippen molar-refractivity contribution in [3.63, 3.8) is 0 Å². The van der Waals surface area contributed by atoms with Crippen molar-refractivity contribution in [1.82, 2.24) is 0 Å². The largest absolute Gasteiger partial charge is 0.497 e. The minimum Gasteiger partial charge on any atom is -0.497 e. The molecule has 0 radical (unpaired) electrons. The summed E-state index contributed by atoms with van der Waals surface area (Å²) in [7, 11) is 3.25. The van der Waals surface area contributed by atoms with E-state index in [0.29, 0.717) is 17.2 Å². The van der Waals surface area contributed by atoms with E-state index in [1.165, 1.54) is 0 Å². The molecule has 0 aliphatic heterocycles. The summed E-state index contributed by atoms with van der Waals surface area (Å²) in [6.45, 7) is 4.07. The van der Waals surface area contributed by atoms with Gasteiger partial charge in [-0.3, -0.25) is 0 Å². The first-order valence-electron chi connectivity index (χ1n) is 4.92. The van der Waals surface area contributed by atoms with E-state index < -0.39 is 9.05 Å². The number of hydrogen-bond acceptors (Lipinski definition) is 3. The molecule has 0 saturated carbocycles. The lowest BCUT2D eigenvalue weighted by molar-refractivity contribution is 0.413. The Morgan fingerprint density at radius 3 is 2.38 bits per heavy atom. The Morgan fingerprint density at radius 2 is 1.94 bits per heavy atom. The summed E-state index contributed by atoms with van der Waals surface area (Å²) in [5.74, 6) is 0.791. The van der Waals surface area contributed by atoms with Gasteiger partial charge in [0.05, 0.1) is 12.9 Å². The van der Waals surface area contributed by atoms with Crippen molar-refractivity contribution in [3.8, 4) is 5.75 Å². The second kappa shape index (κ2) is 5.06. The van der Waals surface area contributed by atoms with Crippen LogP contribution in [0.25, 0.3) is 0 Å². The molecule has 0 amide bonds. The third-order valence-corrected chi connectivity index (χ3v) is 3.24. The quantitative estimate of drug-likeness (QED) is 0.784. The Labute approximate surface area is 101 Å². The molecule has 0 saturated heterocycles. The summed E-state index contributed by atoms with van der Waals surface area (Å²) in [5.41, 5.74) is 1.69. The van der Waals surface area contributed by atoms with Crippen LogP contribution in [0.4, 0.5) is 0 Å². The lowest BCUT2D eigenvalue weighted by atomic mass is 10.0. The van der Waals surface area contributed by atoms with Gasteiger partial charge in [-0.25, -0.2) is 8.42 Å². The molecular weight excluding hydrogens is 248 g/mol. The normalized spacial score (nSPS) is 11.8. The van der Waals surface area contributed by atoms with E-state index in [1.807, 2.05) is 26.0 Å². The average molecular weight is 263 g/mol. The fourth-order valence-electron chi connectivity index (χ4n) is 1.42. The van der Waals surface area contributed by atoms with Gasteiger partial charge in [0.25, 0.3) is 0 Å². The second-order valence-electron chi connectivity index (χ2n) is 3.95. The molecule has 0 unspecified atom stereocenters. The molecule has 0 heterocycles. The molecule has 16 heavy (non-hydrogen) atoms. The molecule has 90 valence electrons. The predicted molar refractivity (Wildman–Crippen MR) is 65.6 cm³/mol. The third kappa shape index (κ3) is 4.02. The van der Waals surface area contributed by atoms with Gasteiger partial charge in [-0.1, -0.05) is 19.9 Å². The maximum Gasteiger partial charge on any atom is 0.236 e. The van der Waals surface area contributed by atoms with Gasteiger partial charge in [0.1, 0.15) is 5.75 Å². The van der Waals surface area contributed by atoms with Crippen molar-refractivity contribution >= 4 is 19.7 Å². The Balaban J connectivity index is 3.14. The van der Waals surface area contributed by atoms with Crippen LogP contribution in [0.2, 0.25) is 0 Å². The highest BCUT2D eigenvalue weighted by Crippen LogP contribution is 2.24. The summed E-state index contributed by atoms with van der Waals surface area (Å²) in [6.07, 6.45) is 0. The first-order valence-corrected chi connectivity index (χ1v) is 7.40. The van der Waals surface area contributed by atoms with E-state index in [9.17, 15) is 8.42 Å². The number of methoxy groups -OCH3 is 1. The Morgan fingerprint density at radius 1 is 1.31 bits per heavy atom. The molecule has 0 aromatic heterocycles. The van der Waals surface area contributed by atoms with Crippen molar-refractivity contribution in [2.45, 2.75) is 25.5 Å². The van der Waals surface area contributed by atoms with Crippen LogP contribution in [-0.2, 0) is 14.8 Å². The van der Waals surface area contributed by atoms with Gasteiger partial charge in [0.15, 0.2) is 0 Å². The van der Waals surface area contributed by atoms with Gasteiger partial charge < -0.3 is 4.74 Å². The van der Waals surface area contributed by atoms with Crippen molar-refractivity contribution < 1.29 is 13.2 Å². The van der Waals surface area contributed by atoms with Gasteiger partial charge >= 0.3 is 0 Å².